The minimum Gasteiger partial charge on any atom is -0.367 e. The summed E-state index contributed by atoms with van der Waals surface area (Å²) >= 11 is 1.49. The Hall–Kier alpha value is -2.22. The Bertz CT molecular complexity index is 816. The monoisotopic (exact) mass is 338 g/mol. The molecule has 0 aliphatic carbocycles. The van der Waals surface area contributed by atoms with Crippen molar-refractivity contribution in [1.29, 1.82) is 0 Å². The van der Waals surface area contributed by atoms with Crippen molar-refractivity contribution in [2.45, 2.75) is 25.6 Å². The smallest absolute Gasteiger partial charge is 0.367 e. The molecule has 8 heteroatoms. The van der Waals surface area contributed by atoms with Gasteiger partial charge in [0, 0.05) is 18.7 Å². The fourth-order valence-electron chi connectivity index (χ4n) is 2.34. The highest BCUT2D eigenvalue weighted by molar-refractivity contribution is 7.16. The maximum Gasteiger partial charge on any atom is 0.418 e. The molecule has 1 unspecified atom stereocenters. The topological polar surface area (TPSA) is 50.7 Å². The molecule has 1 N–H and O–H groups in total. The summed E-state index contributed by atoms with van der Waals surface area (Å²) < 4.78 is 39.0. The van der Waals surface area contributed by atoms with Gasteiger partial charge in [0.2, 0.25) is 0 Å². The largest absolute Gasteiger partial charge is 0.418 e. The van der Waals surface area contributed by atoms with Gasteiger partial charge in [0.15, 0.2) is 0 Å². The van der Waals surface area contributed by atoms with Crippen LogP contribution in [0.25, 0.3) is 10.2 Å². The van der Waals surface area contributed by atoms with Crippen LogP contribution in [0.1, 0.15) is 18.2 Å². The van der Waals surface area contributed by atoms with Crippen LogP contribution in [0.15, 0.2) is 36.1 Å². The molecular weight excluding hydrogens is 325 g/mol. The van der Waals surface area contributed by atoms with Crippen molar-refractivity contribution >= 4 is 27.4 Å². The molecule has 0 saturated carbocycles. The van der Waals surface area contributed by atoms with E-state index in [1.165, 1.54) is 29.9 Å². The van der Waals surface area contributed by atoms with Crippen molar-refractivity contribution in [2.75, 3.05) is 5.32 Å². The molecule has 23 heavy (non-hydrogen) atoms. The Morgan fingerprint density at radius 1 is 1.22 bits per heavy atom. The van der Waals surface area contributed by atoms with Crippen LogP contribution in [-0.4, -0.2) is 21.0 Å². The van der Waals surface area contributed by atoms with Crippen LogP contribution < -0.4 is 5.32 Å². The summed E-state index contributed by atoms with van der Waals surface area (Å²) in [4.78, 5) is 13.0. The fourth-order valence-corrected chi connectivity index (χ4v) is 3.07. The maximum absolute atomic E-state index is 13.0. The molecule has 0 radical (unpaired) electrons. The number of rotatable bonds is 4. The number of hydrogen-bond donors (Lipinski definition) is 1. The van der Waals surface area contributed by atoms with Gasteiger partial charge in [-0.1, -0.05) is 0 Å². The van der Waals surface area contributed by atoms with E-state index < -0.39 is 11.7 Å². The van der Waals surface area contributed by atoms with Crippen LogP contribution in [0, 0.1) is 0 Å². The Morgan fingerprint density at radius 2 is 2.04 bits per heavy atom. The van der Waals surface area contributed by atoms with Gasteiger partial charge in [0.05, 0.1) is 16.6 Å². The lowest BCUT2D eigenvalue weighted by molar-refractivity contribution is -0.138. The summed E-state index contributed by atoms with van der Waals surface area (Å²) in [7, 11) is 0. The molecule has 120 valence electrons. The average Bonchev–Trinajstić information content (AvgIpc) is 2.96. The molecular formula is C15H13F3N4S. The molecule has 0 fully saturated rings. The van der Waals surface area contributed by atoms with Crippen LogP contribution in [0.4, 0.5) is 19.0 Å². The molecule has 0 aliphatic heterocycles. The van der Waals surface area contributed by atoms with Crippen LogP contribution in [0.2, 0.25) is 0 Å². The SMILES string of the molecule is CC(Cc1ncccc1C(F)(F)F)Nc1ncnc2sccc12. The minimum absolute atomic E-state index is 0.0237. The molecule has 1 atom stereocenters. The number of pyridine rings is 1. The van der Waals surface area contributed by atoms with E-state index in [9.17, 15) is 13.2 Å². The molecule has 0 aromatic carbocycles. The van der Waals surface area contributed by atoms with Crippen molar-refractivity contribution in [2.24, 2.45) is 0 Å². The van der Waals surface area contributed by atoms with Gasteiger partial charge in [-0.2, -0.15) is 13.2 Å². The van der Waals surface area contributed by atoms with E-state index in [0.29, 0.717) is 5.82 Å². The zero-order chi connectivity index (χ0) is 16.4. The highest BCUT2D eigenvalue weighted by atomic mass is 32.1. The first-order valence-corrected chi connectivity index (χ1v) is 7.79. The first-order valence-electron chi connectivity index (χ1n) is 6.91. The molecule has 4 nitrogen and oxygen atoms in total. The number of thiophene rings is 1. The Kier molecular flexibility index (Phi) is 4.16. The van der Waals surface area contributed by atoms with E-state index in [0.717, 1.165) is 16.3 Å². The van der Waals surface area contributed by atoms with Crippen molar-refractivity contribution in [3.05, 3.63) is 47.4 Å². The van der Waals surface area contributed by atoms with Gasteiger partial charge in [-0.3, -0.25) is 4.98 Å². The molecule has 3 aromatic rings. The molecule has 3 heterocycles. The van der Waals surface area contributed by atoms with E-state index in [4.69, 9.17) is 0 Å². The van der Waals surface area contributed by atoms with Crippen LogP contribution in [-0.2, 0) is 12.6 Å². The van der Waals surface area contributed by atoms with Crippen molar-refractivity contribution < 1.29 is 13.2 Å². The summed E-state index contributed by atoms with van der Waals surface area (Å²) in [6.07, 6.45) is -1.45. The zero-order valence-electron chi connectivity index (χ0n) is 12.1. The van der Waals surface area contributed by atoms with Gasteiger partial charge in [0.25, 0.3) is 0 Å². The quantitative estimate of drug-likeness (QED) is 0.776. The Balaban J connectivity index is 1.81. The second-order valence-corrected chi connectivity index (χ2v) is 6.00. The summed E-state index contributed by atoms with van der Waals surface area (Å²) in [5.41, 5.74) is -0.673. The lowest BCUT2D eigenvalue weighted by Gasteiger charge is -2.17. The Morgan fingerprint density at radius 3 is 2.83 bits per heavy atom. The number of hydrogen-bond acceptors (Lipinski definition) is 5. The predicted molar refractivity (Wildman–Crippen MR) is 83.4 cm³/mol. The highest BCUT2D eigenvalue weighted by Gasteiger charge is 2.34. The number of fused-ring (bicyclic) bond motifs is 1. The number of anilines is 1. The molecule has 0 aliphatic rings. The van der Waals surface area contributed by atoms with Gasteiger partial charge >= 0.3 is 6.18 Å². The zero-order valence-corrected chi connectivity index (χ0v) is 12.9. The third-order valence-electron chi connectivity index (χ3n) is 3.34. The molecule has 0 amide bonds. The van der Waals surface area contributed by atoms with Crippen LogP contribution in [0.5, 0.6) is 0 Å². The van der Waals surface area contributed by atoms with E-state index in [2.05, 4.69) is 20.3 Å². The number of alkyl halides is 3. The lowest BCUT2D eigenvalue weighted by atomic mass is 10.1. The summed E-state index contributed by atoms with van der Waals surface area (Å²) in [6, 6.07) is 3.97. The third-order valence-corrected chi connectivity index (χ3v) is 4.16. The van der Waals surface area contributed by atoms with Gasteiger partial charge in [-0.15, -0.1) is 11.3 Å². The maximum atomic E-state index is 13.0. The fraction of sp³-hybridized carbons (Fsp3) is 0.267. The second kappa shape index (κ2) is 6.11. The van der Waals surface area contributed by atoms with Crippen LogP contribution >= 0.6 is 11.3 Å². The first-order chi connectivity index (χ1) is 10.9. The number of nitrogens with one attached hydrogen (secondary N) is 1. The molecule has 0 spiro atoms. The van der Waals surface area contributed by atoms with E-state index in [1.807, 2.05) is 11.4 Å². The first kappa shape index (κ1) is 15.7. The second-order valence-electron chi connectivity index (χ2n) is 5.11. The lowest BCUT2D eigenvalue weighted by Crippen LogP contribution is -2.22. The standard InChI is InChI=1S/C15H13F3N4S/c1-9(7-12-11(15(16,17)18)3-2-5-19-12)22-13-10-4-6-23-14(10)21-8-20-13/h2-6,8-9H,7H2,1H3,(H,20,21,22). The van der Waals surface area contributed by atoms with Gasteiger partial charge in [-0.05, 0) is 30.5 Å². The van der Waals surface area contributed by atoms with E-state index in [-0.39, 0.29) is 18.2 Å². The van der Waals surface area contributed by atoms with E-state index in [1.54, 1.807) is 6.92 Å². The third kappa shape index (κ3) is 3.42. The van der Waals surface area contributed by atoms with Gasteiger partial charge < -0.3 is 5.32 Å². The predicted octanol–water partition coefficient (Wildman–Crippen LogP) is 4.15. The van der Waals surface area contributed by atoms with Crippen molar-refractivity contribution in [3.63, 3.8) is 0 Å². The van der Waals surface area contributed by atoms with Gasteiger partial charge in [-0.25, -0.2) is 9.97 Å². The van der Waals surface area contributed by atoms with E-state index >= 15 is 0 Å². The molecule has 0 saturated heterocycles. The molecule has 3 aromatic heterocycles. The summed E-state index contributed by atoms with van der Waals surface area (Å²) in [5, 5.41) is 5.91. The number of nitrogens with zero attached hydrogens (tertiary/aromatic N) is 3. The number of aromatic nitrogens is 3. The highest BCUT2D eigenvalue weighted by Crippen LogP contribution is 2.32. The summed E-state index contributed by atoms with van der Waals surface area (Å²) in [6.45, 7) is 1.80. The van der Waals surface area contributed by atoms with Crippen molar-refractivity contribution in [1.82, 2.24) is 15.0 Å². The summed E-state index contributed by atoms with van der Waals surface area (Å²) in [5.74, 6) is 0.619. The number of halogens is 3. The molecule has 0 bridgehead atoms. The Labute approximate surface area is 134 Å². The van der Waals surface area contributed by atoms with Crippen LogP contribution in [0.3, 0.4) is 0 Å². The normalized spacial score (nSPS) is 13.2. The average molecular weight is 338 g/mol. The van der Waals surface area contributed by atoms with Gasteiger partial charge in [0.1, 0.15) is 17.0 Å². The molecule has 3 rings (SSSR count). The van der Waals surface area contributed by atoms with Crippen molar-refractivity contribution in [3.8, 4) is 0 Å². The minimum atomic E-state index is -4.40.